The average molecular weight is 338 g/mol. The van der Waals surface area contributed by atoms with Crippen molar-refractivity contribution in [1.82, 2.24) is 9.97 Å². The van der Waals surface area contributed by atoms with E-state index >= 15 is 0 Å². The van der Waals surface area contributed by atoms with Crippen molar-refractivity contribution in [3.63, 3.8) is 0 Å². The van der Waals surface area contributed by atoms with Crippen LogP contribution in [0.15, 0.2) is 91.0 Å². The zero-order valence-electron chi connectivity index (χ0n) is 14.5. The molecule has 3 aromatic carbocycles. The second-order valence-corrected chi connectivity index (χ2v) is 6.02. The normalized spacial score (nSPS) is 10.5. The molecule has 0 unspecified atom stereocenters. The molecule has 0 aliphatic rings. The first-order chi connectivity index (χ1) is 12.8. The van der Waals surface area contributed by atoms with Crippen molar-refractivity contribution in [2.24, 2.45) is 0 Å². The lowest BCUT2D eigenvalue weighted by Crippen LogP contribution is -1.95. The molecule has 0 N–H and O–H groups in total. The summed E-state index contributed by atoms with van der Waals surface area (Å²) in [5, 5.41) is 0. The van der Waals surface area contributed by atoms with Gasteiger partial charge in [-0.2, -0.15) is 0 Å². The molecule has 1 heterocycles. The summed E-state index contributed by atoms with van der Waals surface area (Å²) in [5.41, 5.74) is 3.90. The van der Waals surface area contributed by atoms with Crippen molar-refractivity contribution in [3.8, 4) is 34.1 Å². The Bertz CT molecular complexity index is 997. The quantitative estimate of drug-likeness (QED) is 0.464. The van der Waals surface area contributed by atoms with Gasteiger partial charge in [0, 0.05) is 16.8 Å². The minimum Gasteiger partial charge on any atom is -0.457 e. The van der Waals surface area contributed by atoms with Crippen LogP contribution in [0.2, 0.25) is 0 Å². The smallest absolute Gasteiger partial charge is 0.160 e. The van der Waals surface area contributed by atoms with Crippen LogP contribution in [0, 0.1) is 6.92 Å². The predicted molar refractivity (Wildman–Crippen MR) is 104 cm³/mol. The van der Waals surface area contributed by atoms with Crippen molar-refractivity contribution in [2.45, 2.75) is 6.92 Å². The van der Waals surface area contributed by atoms with Gasteiger partial charge in [0.05, 0.1) is 5.69 Å². The fourth-order valence-corrected chi connectivity index (χ4v) is 2.75. The number of ether oxygens (including phenoxy) is 1. The third-order valence-corrected chi connectivity index (χ3v) is 4.02. The Labute approximate surface area is 153 Å². The highest BCUT2D eigenvalue weighted by Crippen LogP contribution is 2.26. The summed E-state index contributed by atoms with van der Waals surface area (Å²) in [6.07, 6.45) is 0. The maximum Gasteiger partial charge on any atom is 0.160 e. The fourth-order valence-electron chi connectivity index (χ4n) is 2.75. The lowest BCUT2D eigenvalue weighted by molar-refractivity contribution is 0.483. The first-order valence-electron chi connectivity index (χ1n) is 8.52. The highest BCUT2D eigenvalue weighted by atomic mass is 16.5. The standard InChI is InChI=1S/C23H18N2O/c1-17-16-22(25-23(24-17)19-8-4-2-5-9-19)18-12-14-21(15-13-18)26-20-10-6-3-7-11-20/h2-16H,1H3. The van der Waals surface area contributed by atoms with Crippen molar-refractivity contribution < 1.29 is 4.74 Å². The number of hydrogen-bond acceptors (Lipinski definition) is 3. The van der Waals surface area contributed by atoms with E-state index in [1.54, 1.807) is 0 Å². The summed E-state index contributed by atoms with van der Waals surface area (Å²) >= 11 is 0. The Hall–Kier alpha value is -3.46. The zero-order chi connectivity index (χ0) is 17.8. The number of rotatable bonds is 4. The molecule has 0 bridgehead atoms. The summed E-state index contributed by atoms with van der Waals surface area (Å²) in [7, 11) is 0. The van der Waals surface area contributed by atoms with Crippen LogP contribution in [0.5, 0.6) is 11.5 Å². The second kappa shape index (κ2) is 7.19. The van der Waals surface area contributed by atoms with Gasteiger partial charge in [0.2, 0.25) is 0 Å². The van der Waals surface area contributed by atoms with Crippen LogP contribution in [0.25, 0.3) is 22.6 Å². The SMILES string of the molecule is Cc1cc(-c2ccc(Oc3ccccc3)cc2)nc(-c2ccccc2)n1. The monoisotopic (exact) mass is 338 g/mol. The van der Waals surface area contributed by atoms with E-state index in [1.165, 1.54) is 0 Å². The molecule has 0 aliphatic carbocycles. The Morgan fingerprint density at radius 3 is 1.92 bits per heavy atom. The van der Waals surface area contributed by atoms with E-state index in [0.29, 0.717) is 0 Å². The summed E-state index contributed by atoms with van der Waals surface area (Å²) in [5.74, 6) is 2.36. The van der Waals surface area contributed by atoms with E-state index in [9.17, 15) is 0 Å². The fraction of sp³-hybridized carbons (Fsp3) is 0.0435. The Kier molecular flexibility index (Phi) is 4.44. The molecule has 0 aliphatic heterocycles. The summed E-state index contributed by atoms with van der Waals surface area (Å²) < 4.78 is 5.85. The van der Waals surface area contributed by atoms with Gasteiger partial charge in [-0.05, 0) is 49.4 Å². The molecule has 126 valence electrons. The molecular weight excluding hydrogens is 320 g/mol. The summed E-state index contributed by atoms with van der Waals surface area (Å²) in [6.45, 7) is 1.99. The van der Waals surface area contributed by atoms with E-state index < -0.39 is 0 Å². The number of para-hydroxylation sites is 1. The van der Waals surface area contributed by atoms with E-state index in [0.717, 1.165) is 39.8 Å². The Morgan fingerprint density at radius 2 is 1.23 bits per heavy atom. The van der Waals surface area contributed by atoms with Crippen molar-refractivity contribution >= 4 is 0 Å². The third-order valence-electron chi connectivity index (χ3n) is 4.02. The molecule has 0 atom stereocenters. The first kappa shape index (κ1) is 16.0. The van der Waals surface area contributed by atoms with Crippen LogP contribution in [0.4, 0.5) is 0 Å². The lowest BCUT2D eigenvalue weighted by Gasteiger charge is -2.08. The number of hydrogen-bond donors (Lipinski definition) is 0. The molecular formula is C23H18N2O. The van der Waals surface area contributed by atoms with Gasteiger partial charge in [-0.25, -0.2) is 9.97 Å². The molecule has 0 radical (unpaired) electrons. The van der Waals surface area contributed by atoms with Crippen LogP contribution < -0.4 is 4.74 Å². The molecule has 4 rings (SSSR count). The largest absolute Gasteiger partial charge is 0.457 e. The van der Waals surface area contributed by atoms with Gasteiger partial charge >= 0.3 is 0 Å². The second-order valence-electron chi connectivity index (χ2n) is 6.02. The molecule has 1 aromatic heterocycles. The number of aryl methyl sites for hydroxylation is 1. The van der Waals surface area contributed by atoms with Gasteiger partial charge in [-0.3, -0.25) is 0 Å². The summed E-state index contributed by atoms with van der Waals surface area (Å²) in [4.78, 5) is 9.30. The maximum absolute atomic E-state index is 5.85. The van der Waals surface area contributed by atoms with Crippen molar-refractivity contribution in [2.75, 3.05) is 0 Å². The van der Waals surface area contributed by atoms with Gasteiger partial charge in [-0.1, -0.05) is 48.5 Å². The minimum atomic E-state index is 0.741. The molecule has 0 spiro atoms. The van der Waals surface area contributed by atoms with Crippen LogP contribution in [-0.4, -0.2) is 9.97 Å². The number of benzene rings is 3. The van der Waals surface area contributed by atoms with Gasteiger partial charge < -0.3 is 4.74 Å². The molecule has 0 saturated carbocycles. The zero-order valence-corrected chi connectivity index (χ0v) is 14.5. The van der Waals surface area contributed by atoms with E-state index in [2.05, 4.69) is 4.98 Å². The Morgan fingerprint density at radius 1 is 0.615 bits per heavy atom. The highest BCUT2D eigenvalue weighted by Gasteiger charge is 2.07. The predicted octanol–water partition coefficient (Wildman–Crippen LogP) is 5.91. The van der Waals surface area contributed by atoms with Crippen molar-refractivity contribution in [3.05, 3.63) is 96.7 Å². The molecule has 0 fully saturated rings. The van der Waals surface area contributed by atoms with Crippen molar-refractivity contribution in [1.29, 1.82) is 0 Å². The minimum absolute atomic E-state index is 0.741. The van der Waals surface area contributed by atoms with Gasteiger partial charge in [0.25, 0.3) is 0 Å². The molecule has 3 heteroatoms. The van der Waals surface area contributed by atoms with E-state index in [1.807, 2.05) is 97.9 Å². The first-order valence-corrected chi connectivity index (χ1v) is 8.52. The van der Waals surface area contributed by atoms with Gasteiger partial charge in [0.1, 0.15) is 11.5 Å². The molecule has 4 aromatic rings. The highest BCUT2D eigenvalue weighted by molar-refractivity contribution is 5.64. The maximum atomic E-state index is 5.85. The molecule has 0 saturated heterocycles. The van der Waals surface area contributed by atoms with Crippen LogP contribution >= 0.6 is 0 Å². The molecule has 26 heavy (non-hydrogen) atoms. The Balaban J connectivity index is 1.62. The van der Waals surface area contributed by atoms with E-state index in [4.69, 9.17) is 9.72 Å². The van der Waals surface area contributed by atoms with Crippen LogP contribution in [0.3, 0.4) is 0 Å². The molecule has 0 amide bonds. The topological polar surface area (TPSA) is 35.0 Å². The third kappa shape index (κ3) is 3.62. The number of nitrogens with zero attached hydrogens (tertiary/aromatic N) is 2. The van der Waals surface area contributed by atoms with Crippen LogP contribution in [0.1, 0.15) is 5.69 Å². The van der Waals surface area contributed by atoms with Gasteiger partial charge in [0.15, 0.2) is 5.82 Å². The number of aromatic nitrogens is 2. The summed E-state index contributed by atoms with van der Waals surface area (Å²) in [6, 6.07) is 29.8. The average Bonchev–Trinajstić information content (AvgIpc) is 2.70. The molecule has 3 nitrogen and oxygen atoms in total. The van der Waals surface area contributed by atoms with Gasteiger partial charge in [-0.15, -0.1) is 0 Å². The lowest BCUT2D eigenvalue weighted by atomic mass is 10.1. The van der Waals surface area contributed by atoms with E-state index in [-0.39, 0.29) is 0 Å². The van der Waals surface area contributed by atoms with Crippen LogP contribution in [-0.2, 0) is 0 Å².